The lowest BCUT2D eigenvalue weighted by molar-refractivity contribution is 0.282. The summed E-state index contributed by atoms with van der Waals surface area (Å²) in [7, 11) is 0. The molecule has 0 radical (unpaired) electrons. The monoisotopic (exact) mass is 298 g/mol. The number of hydrogen-bond donors (Lipinski definition) is 1. The van der Waals surface area contributed by atoms with Gasteiger partial charge in [-0.2, -0.15) is 0 Å². The van der Waals surface area contributed by atoms with Gasteiger partial charge >= 0.3 is 0 Å². The third-order valence-corrected chi connectivity index (χ3v) is 3.88. The van der Waals surface area contributed by atoms with Crippen LogP contribution < -0.4 is 0 Å². The molecule has 1 heterocycles. The SMILES string of the molecule is OCc1ccc(CSc2nnc(-c3ccccc3)o2)cc1. The number of hydrogen-bond acceptors (Lipinski definition) is 5. The molecule has 0 aliphatic heterocycles. The summed E-state index contributed by atoms with van der Waals surface area (Å²) in [6, 6.07) is 17.5. The van der Waals surface area contributed by atoms with E-state index in [4.69, 9.17) is 9.52 Å². The molecule has 2 aromatic carbocycles. The fourth-order valence-corrected chi connectivity index (χ4v) is 2.57. The van der Waals surface area contributed by atoms with Gasteiger partial charge in [0, 0.05) is 11.3 Å². The Labute approximate surface area is 126 Å². The number of aromatic nitrogens is 2. The fourth-order valence-electron chi connectivity index (χ4n) is 1.85. The van der Waals surface area contributed by atoms with Crippen LogP contribution in [0.5, 0.6) is 0 Å². The number of aliphatic hydroxyl groups is 1. The Bertz CT molecular complexity index is 696. The van der Waals surface area contributed by atoms with E-state index in [1.807, 2.05) is 54.6 Å². The third kappa shape index (κ3) is 3.51. The zero-order chi connectivity index (χ0) is 14.5. The van der Waals surface area contributed by atoms with Crippen molar-refractivity contribution in [1.29, 1.82) is 0 Å². The summed E-state index contributed by atoms with van der Waals surface area (Å²) < 4.78 is 5.64. The molecule has 0 fully saturated rings. The van der Waals surface area contributed by atoms with Crippen molar-refractivity contribution in [3.8, 4) is 11.5 Å². The largest absolute Gasteiger partial charge is 0.411 e. The minimum atomic E-state index is 0.0670. The summed E-state index contributed by atoms with van der Waals surface area (Å²) in [4.78, 5) is 0. The Balaban J connectivity index is 1.64. The molecule has 0 unspecified atom stereocenters. The van der Waals surface area contributed by atoms with E-state index in [2.05, 4.69) is 10.2 Å². The van der Waals surface area contributed by atoms with Crippen LogP contribution in [0.2, 0.25) is 0 Å². The zero-order valence-electron chi connectivity index (χ0n) is 11.3. The van der Waals surface area contributed by atoms with Gasteiger partial charge in [-0.15, -0.1) is 10.2 Å². The van der Waals surface area contributed by atoms with Crippen molar-refractivity contribution in [3.05, 3.63) is 65.7 Å². The molecule has 0 amide bonds. The average molecular weight is 298 g/mol. The van der Waals surface area contributed by atoms with E-state index in [1.165, 1.54) is 11.8 Å². The maximum absolute atomic E-state index is 9.01. The molecule has 0 aliphatic rings. The number of nitrogens with zero attached hydrogens (tertiary/aromatic N) is 2. The highest BCUT2D eigenvalue weighted by Gasteiger charge is 2.08. The van der Waals surface area contributed by atoms with Crippen molar-refractivity contribution in [2.75, 3.05) is 0 Å². The van der Waals surface area contributed by atoms with Crippen LogP contribution in [0.1, 0.15) is 11.1 Å². The van der Waals surface area contributed by atoms with Crippen molar-refractivity contribution in [2.24, 2.45) is 0 Å². The predicted molar refractivity (Wildman–Crippen MR) is 81.7 cm³/mol. The van der Waals surface area contributed by atoms with Crippen LogP contribution in [-0.4, -0.2) is 15.3 Å². The van der Waals surface area contributed by atoms with Gasteiger partial charge in [-0.1, -0.05) is 54.2 Å². The normalized spacial score (nSPS) is 10.7. The second-order valence-corrected chi connectivity index (χ2v) is 5.43. The first-order chi connectivity index (χ1) is 10.3. The van der Waals surface area contributed by atoms with E-state index in [0.29, 0.717) is 11.1 Å². The summed E-state index contributed by atoms with van der Waals surface area (Å²) in [5.74, 6) is 1.29. The topological polar surface area (TPSA) is 59.2 Å². The van der Waals surface area contributed by atoms with Crippen LogP contribution in [0, 0.1) is 0 Å². The standard InChI is InChI=1S/C16H14N2O2S/c19-10-12-6-8-13(9-7-12)11-21-16-18-17-15(20-16)14-4-2-1-3-5-14/h1-9,19H,10-11H2. The summed E-state index contributed by atoms with van der Waals surface area (Å²) in [5.41, 5.74) is 2.98. The molecule has 3 aromatic rings. The van der Waals surface area contributed by atoms with Gasteiger partial charge in [0.1, 0.15) is 0 Å². The highest BCUT2D eigenvalue weighted by Crippen LogP contribution is 2.25. The van der Waals surface area contributed by atoms with Crippen molar-refractivity contribution in [3.63, 3.8) is 0 Å². The predicted octanol–water partition coefficient (Wildman–Crippen LogP) is 3.52. The zero-order valence-corrected chi connectivity index (χ0v) is 12.1. The molecular weight excluding hydrogens is 284 g/mol. The maximum atomic E-state index is 9.01. The minimum Gasteiger partial charge on any atom is -0.411 e. The lowest BCUT2D eigenvalue weighted by atomic mass is 10.2. The van der Waals surface area contributed by atoms with Crippen LogP contribution in [0.3, 0.4) is 0 Å². The van der Waals surface area contributed by atoms with Crippen molar-refractivity contribution >= 4 is 11.8 Å². The molecule has 3 rings (SSSR count). The van der Waals surface area contributed by atoms with E-state index >= 15 is 0 Å². The van der Waals surface area contributed by atoms with Gasteiger partial charge in [0.15, 0.2) is 0 Å². The Morgan fingerprint density at radius 2 is 1.62 bits per heavy atom. The Kier molecular flexibility index (Phi) is 4.33. The maximum Gasteiger partial charge on any atom is 0.277 e. The van der Waals surface area contributed by atoms with Gasteiger partial charge in [0.2, 0.25) is 5.89 Å². The third-order valence-electron chi connectivity index (χ3n) is 3.00. The van der Waals surface area contributed by atoms with Gasteiger partial charge in [-0.3, -0.25) is 0 Å². The number of benzene rings is 2. The molecule has 5 heteroatoms. The van der Waals surface area contributed by atoms with E-state index in [9.17, 15) is 0 Å². The lowest BCUT2D eigenvalue weighted by Crippen LogP contribution is -1.85. The van der Waals surface area contributed by atoms with Gasteiger partial charge in [0.05, 0.1) is 6.61 Å². The molecular formula is C16H14N2O2S. The van der Waals surface area contributed by atoms with Crippen LogP contribution in [0.4, 0.5) is 0 Å². The van der Waals surface area contributed by atoms with E-state index in [1.54, 1.807) is 0 Å². The lowest BCUT2D eigenvalue weighted by Gasteiger charge is -2.00. The molecule has 0 saturated carbocycles. The van der Waals surface area contributed by atoms with Gasteiger partial charge in [-0.05, 0) is 23.3 Å². The summed E-state index contributed by atoms with van der Waals surface area (Å²) >= 11 is 1.50. The molecule has 0 saturated heterocycles. The van der Waals surface area contributed by atoms with E-state index in [-0.39, 0.29) is 6.61 Å². The molecule has 0 atom stereocenters. The average Bonchev–Trinajstić information content (AvgIpc) is 3.03. The first-order valence-electron chi connectivity index (χ1n) is 6.55. The second-order valence-electron chi connectivity index (χ2n) is 4.50. The quantitative estimate of drug-likeness (QED) is 0.730. The first kappa shape index (κ1) is 13.9. The van der Waals surface area contributed by atoms with Gasteiger partial charge in [-0.25, -0.2) is 0 Å². The van der Waals surface area contributed by atoms with Crippen LogP contribution in [0.25, 0.3) is 11.5 Å². The molecule has 4 nitrogen and oxygen atoms in total. The molecule has 0 aliphatic carbocycles. The van der Waals surface area contributed by atoms with Crippen LogP contribution in [0.15, 0.2) is 64.2 Å². The molecule has 0 bridgehead atoms. The minimum absolute atomic E-state index is 0.0670. The first-order valence-corrected chi connectivity index (χ1v) is 7.54. The Morgan fingerprint density at radius 1 is 0.905 bits per heavy atom. The Hall–Kier alpha value is -2.11. The van der Waals surface area contributed by atoms with Gasteiger partial charge in [0.25, 0.3) is 5.22 Å². The molecule has 0 spiro atoms. The summed E-state index contributed by atoms with van der Waals surface area (Å²) in [6.07, 6.45) is 0. The van der Waals surface area contributed by atoms with Crippen LogP contribution in [-0.2, 0) is 12.4 Å². The molecule has 106 valence electrons. The molecule has 1 N–H and O–H groups in total. The van der Waals surface area contributed by atoms with E-state index in [0.717, 1.165) is 22.4 Å². The molecule has 1 aromatic heterocycles. The number of thioether (sulfide) groups is 1. The van der Waals surface area contributed by atoms with Crippen LogP contribution >= 0.6 is 11.8 Å². The van der Waals surface area contributed by atoms with Crippen molar-refractivity contribution in [2.45, 2.75) is 17.6 Å². The summed E-state index contributed by atoms with van der Waals surface area (Å²) in [6.45, 7) is 0.0670. The number of rotatable bonds is 5. The fraction of sp³-hybridized carbons (Fsp3) is 0.125. The highest BCUT2D eigenvalue weighted by atomic mass is 32.2. The van der Waals surface area contributed by atoms with E-state index < -0.39 is 0 Å². The summed E-state index contributed by atoms with van der Waals surface area (Å²) in [5, 5.41) is 17.7. The second kappa shape index (κ2) is 6.56. The van der Waals surface area contributed by atoms with Crippen molar-refractivity contribution in [1.82, 2.24) is 10.2 Å². The number of aliphatic hydroxyl groups excluding tert-OH is 1. The Morgan fingerprint density at radius 3 is 2.33 bits per heavy atom. The van der Waals surface area contributed by atoms with Crippen molar-refractivity contribution < 1.29 is 9.52 Å². The van der Waals surface area contributed by atoms with Gasteiger partial charge < -0.3 is 9.52 Å². The smallest absolute Gasteiger partial charge is 0.277 e. The highest BCUT2D eigenvalue weighted by molar-refractivity contribution is 7.98. The molecule has 21 heavy (non-hydrogen) atoms.